The molecule has 1 N–H and O–H groups in total. The number of amides is 2. The predicted octanol–water partition coefficient (Wildman–Crippen LogP) is 1.44. The Morgan fingerprint density at radius 2 is 2.09 bits per heavy atom. The Morgan fingerprint density at radius 3 is 2.70 bits per heavy atom. The number of nitrogens with zero attached hydrogens (tertiary/aromatic N) is 1. The smallest absolute Gasteiger partial charge is 0.331 e. The minimum Gasteiger partial charge on any atom is -0.462 e. The summed E-state index contributed by atoms with van der Waals surface area (Å²) in [5, 5.41) is 2.14. The molecule has 0 saturated heterocycles. The van der Waals surface area contributed by atoms with Gasteiger partial charge >= 0.3 is 5.97 Å². The number of carbonyl (C=O) groups excluding carboxylic acids is 3. The molecular weight excluding hydrogens is 300 g/mol. The molecule has 0 aromatic carbocycles. The monoisotopic (exact) mass is 316 g/mol. The molecule has 120 valence electrons. The van der Waals surface area contributed by atoms with E-state index in [0.717, 1.165) is 11.8 Å². The summed E-state index contributed by atoms with van der Waals surface area (Å²) in [6.45, 7) is 1.24. The standard InChI is InChI=1S/C16H16N2O5/c1-11-5-6-12(23-11)7-8-15(20)22-10-14(19)17-16(21)13-4-3-9-18(13)2/h3-9H,10H2,1-2H3,(H,17,19,21). The number of imide groups is 1. The van der Waals surface area contributed by atoms with Crippen molar-refractivity contribution in [1.82, 2.24) is 9.88 Å². The van der Waals surface area contributed by atoms with Crippen LogP contribution in [0.15, 0.2) is 41.0 Å². The number of hydrogen-bond acceptors (Lipinski definition) is 5. The largest absolute Gasteiger partial charge is 0.462 e. The number of hydrogen-bond donors (Lipinski definition) is 1. The van der Waals surface area contributed by atoms with Crippen molar-refractivity contribution in [2.75, 3.05) is 6.61 Å². The molecule has 2 aromatic rings. The molecule has 0 saturated carbocycles. The number of nitrogens with one attached hydrogen (secondary N) is 1. The van der Waals surface area contributed by atoms with Crippen molar-refractivity contribution in [2.45, 2.75) is 6.92 Å². The van der Waals surface area contributed by atoms with Gasteiger partial charge in [0.15, 0.2) is 6.61 Å². The SMILES string of the molecule is Cc1ccc(C=CC(=O)OCC(=O)NC(=O)c2cccn2C)o1. The first-order valence-corrected chi connectivity index (χ1v) is 6.82. The zero-order valence-electron chi connectivity index (χ0n) is 12.7. The Balaban J connectivity index is 1.78. The fourth-order valence-electron chi connectivity index (χ4n) is 1.80. The Morgan fingerprint density at radius 1 is 1.30 bits per heavy atom. The highest BCUT2D eigenvalue weighted by Crippen LogP contribution is 2.07. The van der Waals surface area contributed by atoms with Crippen molar-refractivity contribution >= 4 is 23.9 Å². The molecule has 0 unspecified atom stereocenters. The highest BCUT2D eigenvalue weighted by molar-refractivity contribution is 6.04. The van der Waals surface area contributed by atoms with Gasteiger partial charge < -0.3 is 13.7 Å². The van der Waals surface area contributed by atoms with Crippen molar-refractivity contribution < 1.29 is 23.5 Å². The minimum atomic E-state index is -0.708. The molecule has 7 nitrogen and oxygen atoms in total. The van der Waals surface area contributed by atoms with Gasteiger partial charge in [-0.15, -0.1) is 0 Å². The Labute approximate surface area is 132 Å². The molecular formula is C16H16N2O5. The molecule has 2 heterocycles. The van der Waals surface area contributed by atoms with Gasteiger partial charge in [0.2, 0.25) is 0 Å². The number of aryl methyl sites for hydroxylation is 2. The summed E-state index contributed by atoms with van der Waals surface area (Å²) >= 11 is 0. The van der Waals surface area contributed by atoms with Crippen molar-refractivity contribution in [3.63, 3.8) is 0 Å². The van der Waals surface area contributed by atoms with E-state index in [2.05, 4.69) is 5.32 Å². The average Bonchev–Trinajstić information content (AvgIpc) is 3.11. The highest BCUT2D eigenvalue weighted by Gasteiger charge is 2.13. The van der Waals surface area contributed by atoms with E-state index in [1.807, 2.05) is 0 Å². The van der Waals surface area contributed by atoms with Gasteiger partial charge in [-0.1, -0.05) is 0 Å². The van der Waals surface area contributed by atoms with Gasteiger partial charge in [0.05, 0.1) is 0 Å². The maximum absolute atomic E-state index is 11.8. The van der Waals surface area contributed by atoms with E-state index in [1.165, 1.54) is 6.08 Å². The lowest BCUT2D eigenvalue weighted by Crippen LogP contribution is -2.34. The van der Waals surface area contributed by atoms with Gasteiger partial charge in [-0.25, -0.2) is 4.79 Å². The van der Waals surface area contributed by atoms with Crippen LogP contribution in [-0.4, -0.2) is 29.0 Å². The van der Waals surface area contributed by atoms with Gasteiger partial charge in [-0.05, 0) is 37.3 Å². The molecule has 0 aliphatic carbocycles. The third kappa shape index (κ3) is 4.70. The number of aromatic nitrogens is 1. The lowest BCUT2D eigenvalue weighted by atomic mass is 10.4. The van der Waals surface area contributed by atoms with Crippen LogP contribution in [0.3, 0.4) is 0 Å². The molecule has 0 radical (unpaired) electrons. The maximum atomic E-state index is 11.8. The number of rotatable bonds is 5. The number of carbonyl (C=O) groups is 3. The highest BCUT2D eigenvalue weighted by atomic mass is 16.5. The van der Waals surface area contributed by atoms with Gasteiger partial charge in [0.1, 0.15) is 17.2 Å². The summed E-state index contributed by atoms with van der Waals surface area (Å²) < 4.78 is 11.6. The first-order chi connectivity index (χ1) is 11.0. The normalized spacial score (nSPS) is 10.7. The van der Waals surface area contributed by atoms with Gasteiger partial charge in [-0.2, -0.15) is 0 Å². The van der Waals surface area contributed by atoms with Crippen LogP contribution < -0.4 is 5.32 Å². The zero-order valence-corrected chi connectivity index (χ0v) is 12.7. The van der Waals surface area contributed by atoms with Crippen molar-refractivity contribution in [2.24, 2.45) is 7.05 Å². The molecule has 0 aliphatic heterocycles. The van der Waals surface area contributed by atoms with Crippen LogP contribution in [0.2, 0.25) is 0 Å². The Kier molecular flexibility index (Phi) is 5.14. The van der Waals surface area contributed by atoms with Crippen molar-refractivity contribution in [1.29, 1.82) is 0 Å². The van der Waals surface area contributed by atoms with Crippen LogP contribution in [0.25, 0.3) is 6.08 Å². The van der Waals surface area contributed by atoms with Gasteiger partial charge in [0, 0.05) is 19.3 Å². The zero-order chi connectivity index (χ0) is 16.8. The molecule has 2 amide bonds. The van der Waals surface area contributed by atoms with E-state index in [4.69, 9.17) is 9.15 Å². The second-order valence-corrected chi connectivity index (χ2v) is 4.77. The number of furan rings is 1. The van der Waals surface area contributed by atoms with Crippen LogP contribution in [0.4, 0.5) is 0 Å². The fourth-order valence-corrected chi connectivity index (χ4v) is 1.80. The van der Waals surface area contributed by atoms with Gasteiger partial charge in [0.25, 0.3) is 11.8 Å². The van der Waals surface area contributed by atoms with E-state index < -0.39 is 24.4 Å². The van der Waals surface area contributed by atoms with E-state index in [-0.39, 0.29) is 0 Å². The summed E-state index contributed by atoms with van der Waals surface area (Å²) in [6, 6.07) is 6.71. The minimum absolute atomic E-state index is 0.331. The van der Waals surface area contributed by atoms with Crippen molar-refractivity contribution in [3.8, 4) is 0 Å². The molecule has 23 heavy (non-hydrogen) atoms. The summed E-state index contributed by atoms with van der Waals surface area (Å²) in [7, 11) is 1.68. The topological polar surface area (TPSA) is 90.5 Å². The summed E-state index contributed by atoms with van der Waals surface area (Å²) in [6.07, 6.45) is 4.26. The molecule has 0 bridgehead atoms. The summed E-state index contributed by atoms with van der Waals surface area (Å²) in [5.41, 5.74) is 0.331. The summed E-state index contributed by atoms with van der Waals surface area (Å²) in [5.74, 6) is -0.744. The third-order valence-electron chi connectivity index (χ3n) is 2.92. The van der Waals surface area contributed by atoms with E-state index in [0.29, 0.717) is 11.5 Å². The lowest BCUT2D eigenvalue weighted by Gasteiger charge is -2.05. The second kappa shape index (κ2) is 7.26. The average molecular weight is 316 g/mol. The maximum Gasteiger partial charge on any atom is 0.331 e. The van der Waals surface area contributed by atoms with Crippen molar-refractivity contribution in [3.05, 3.63) is 53.8 Å². The quantitative estimate of drug-likeness (QED) is 0.666. The van der Waals surface area contributed by atoms with E-state index >= 15 is 0 Å². The second-order valence-electron chi connectivity index (χ2n) is 4.77. The molecule has 2 aromatic heterocycles. The third-order valence-corrected chi connectivity index (χ3v) is 2.92. The molecule has 2 rings (SSSR count). The van der Waals surface area contributed by atoms with Crippen LogP contribution >= 0.6 is 0 Å². The van der Waals surface area contributed by atoms with Crippen LogP contribution in [0, 0.1) is 6.92 Å². The van der Waals surface area contributed by atoms with E-state index in [9.17, 15) is 14.4 Å². The van der Waals surface area contributed by atoms with Gasteiger partial charge in [-0.3, -0.25) is 14.9 Å². The first kappa shape index (κ1) is 16.3. The van der Waals surface area contributed by atoms with Crippen LogP contribution in [0.5, 0.6) is 0 Å². The molecule has 0 aliphatic rings. The molecule has 0 atom stereocenters. The van der Waals surface area contributed by atoms with Crippen LogP contribution in [0.1, 0.15) is 22.0 Å². The fraction of sp³-hybridized carbons (Fsp3) is 0.188. The lowest BCUT2D eigenvalue weighted by molar-refractivity contribution is -0.143. The van der Waals surface area contributed by atoms with E-state index in [1.54, 1.807) is 49.0 Å². The number of esters is 1. The number of ether oxygens (including phenoxy) is 1. The van der Waals surface area contributed by atoms with Crippen LogP contribution in [-0.2, 0) is 21.4 Å². The molecule has 0 fully saturated rings. The summed E-state index contributed by atoms with van der Waals surface area (Å²) in [4.78, 5) is 34.8. The first-order valence-electron chi connectivity index (χ1n) is 6.82. The molecule has 0 spiro atoms. The Bertz CT molecular complexity index is 754. The Hall–Kier alpha value is -3.09. The predicted molar refractivity (Wildman–Crippen MR) is 81.3 cm³/mol. The molecule has 7 heteroatoms.